The van der Waals surface area contributed by atoms with E-state index in [9.17, 15) is 8.42 Å². The molecule has 90 valence electrons. The molecule has 0 amide bonds. The number of aromatic hydroxyl groups is 1. The van der Waals surface area contributed by atoms with Crippen molar-refractivity contribution in [3.63, 3.8) is 0 Å². The molecule has 1 aromatic carbocycles. The van der Waals surface area contributed by atoms with E-state index in [4.69, 9.17) is 5.11 Å². The van der Waals surface area contributed by atoms with Crippen LogP contribution < -0.4 is 0 Å². The SMILES string of the molecule is CCCCN(C)S(=O)(=O)c1ccc(O)cc1. The number of hydrogen-bond acceptors (Lipinski definition) is 3. The van der Waals surface area contributed by atoms with Crippen LogP contribution in [0.3, 0.4) is 0 Å². The standard InChI is InChI=1S/C11H17NO3S/c1-3-4-9-12(2)16(14,15)11-7-5-10(13)6-8-11/h5-8,13H,3-4,9H2,1-2H3. The molecule has 0 bridgehead atoms. The summed E-state index contributed by atoms with van der Waals surface area (Å²) in [4.78, 5) is 0.212. The second kappa shape index (κ2) is 5.32. The first kappa shape index (κ1) is 13.0. The molecule has 0 aliphatic carbocycles. The molecule has 0 radical (unpaired) electrons. The Kier molecular flexibility index (Phi) is 4.32. The molecule has 0 heterocycles. The van der Waals surface area contributed by atoms with Gasteiger partial charge in [0, 0.05) is 13.6 Å². The lowest BCUT2D eigenvalue weighted by atomic mass is 10.3. The Morgan fingerprint density at radius 3 is 2.31 bits per heavy atom. The summed E-state index contributed by atoms with van der Waals surface area (Å²) >= 11 is 0. The normalized spacial score (nSPS) is 11.9. The number of rotatable bonds is 5. The molecule has 0 aliphatic heterocycles. The average Bonchev–Trinajstić information content (AvgIpc) is 2.26. The maximum Gasteiger partial charge on any atom is 0.242 e. The van der Waals surface area contributed by atoms with Crippen molar-refractivity contribution in [1.82, 2.24) is 4.31 Å². The molecule has 0 unspecified atom stereocenters. The van der Waals surface area contributed by atoms with Gasteiger partial charge in [0.25, 0.3) is 0 Å². The van der Waals surface area contributed by atoms with E-state index in [1.54, 1.807) is 7.05 Å². The molecule has 0 atom stereocenters. The molecule has 0 aliphatic rings. The van der Waals surface area contributed by atoms with E-state index >= 15 is 0 Å². The van der Waals surface area contributed by atoms with Gasteiger partial charge in [-0.25, -0.2) is 12.7 Å². The Balaban J connectivity index is 2.89. The largest absolute Gasteiger partial charge is 0.508 e. The molecular weight excluding hydrogens is 226 g/mol. The molecule has 1 N–H and O–H groups in total. The van der Waals surface area contributed by atoms with Crippen molar-refractivity contribution >= 4 is 10.0 Å². The van der Waals surface area contributed by atoms with Crippen molar-refractivity contribution in [2.45, 2.75) is 24.7 Å². The zero-order valence-corrected chi connectivity index (χ0v) is 10.4. The van der Waals surface area contributed by atoms with Crippen LogP contribution in [-0.4, -0.2) is 31.4 Å². The maximum absolute atomic E-state index is 12.0. The summed E-state index contributed by atoms with van der Waals surface area (Å²) < 4.78 is 25.3. The Bertz CT molecular complexity index is 425. The number of sulfonamides is 1. The van der Waals surface area contributed by atoms with E-state index in [2.05, 4.69) is 0 Å². The summed E-state index contributed by atoms with van der Waals surface area (Å²) in [6.07, 6.45) is 1.79. The summed E-state index contributed by atoms with van der Waals surface area (Å²) in [5, 5.41) is 9.09. The Morgan fingerprint density at radius 1 is 1.25 bits per heavy atom. The van der Waals surface area contributed by atoms with Gasteiger partial charge in [0.1, 0.15) is 5.75 Å². The van der Waals surface area contributed by atoms with Crippen LogP contribution in [0.15, 0.2) is 29.2 Å². The van der Waals surface area contributed by atoms with Gasteiger partial charge in [-0.3, -0.25) is 0 Å². The molecule has 1 rings (SSSR count). The third-order valence-corrected chi connectivity index (χ3v) is 4.24. The van der Waals surface area contributed by atoms with Gasteiger partial charge >= 0.3 is 0 Å². The number of phenols is 1. The molecule has 0 saturated carbocycles. The van der Waals surface area contributed by atoms with Crippen LogP contribution in [0.1, 0.15) is 19.8 Å². The molecule has 16 heavy (non-hydrogen) atoms. The minimum atomic E-state index is -3.41. The van der Waals surface area contributed by atoms with Gasteiger partial charge in [0.05, 0.1) is 4.90 Å². The quantitative estimate of drug-likeness (QED) is 0.858. The van der Waals surface area contributed by atoms with Gasteiger partial charge in [-0.15, -0.1) is 0 Å². The van der Waals surface area contributed by atoms with E-state index < -0.39 is 10.0 Å². The number of unbranched alkanes of at least 4 members (excludes halogenated alkanes) is 1. The summed E-state index contributed by atoms with van der Waals surface area (Å²) in [6.45, 7) is 2.53. The molecule has 4 nitrogen and oxygen atoms in total. The fraction of sp³-hybridized carbons (Fsp3) is 0.455. The van der Waals surface area contributed by atoms with E-state index in [0.717, 1.165) is 12.8 Å². The topological polar surface area (TPSA) is 57.6 Å². The Morgan fingerprint density at radius 2 is 1.81 bits per heavy atom. The minimum absolute atomic E-state index is 0.0650. The average molecular weight is 243 g/mol. The van der Waals surface area contributed by atoms with Gasteiger partial charge in [0.2, 0.25) is 10.0 Å². The zero-order valence-electron chi connectivity index (χ0n) is 9.55. The summed E-state index contributed by atoms with van der Waals surface area (Å²) in [7, 11) is -1.84. The number of phenolic OH excluding ortho intramolecular Hbond substituents is 1. The Labute approximate surface area is 96.6 Å². The summed E-state index contributed by atoms with van der Waals surface area (Å²) in [5.41, 5.74) is 0. The summed E-state index contributed by atoms with van der Waals surface area (Å²) in [5.74, 6) is 0.0650. The highest BCUT2D eigenvalue weighted by molar-refractivity contribution is 7.89. The van der Waals surface area contributed by atoms with Crippen molar-refractivity contribution < 1.29 is 13.5 Å². The van der Waals surface area contributed by atoms with E-state index in [0.29, 0.717) is 6.54 Å². The van der Waals surface area contributed by atoms with Crippen LogP contribution >= 0.6 is 0 Å². The van der Waals surface area contributed by atoms with Gasteiger partial charge < -0.3 is 5.11 Å². The molecule has 0 aromatic heterocycles. The highest BCUT2D eigenvalue weighted by Gasteiger charge is 2.19. The van der Waals surface area contributed by atoms with Crippen molar-refractivity contribution in [3.8, 4) is 5.75 Å². The highest BCUT2D eigenvalue weighted by Crippen LogP contribution is 2.17. The van der Waals surface area contributed by atoms with Gasteiger partial charge in [-0.2, -0.15) is 0 Å². The highest BCUT2D eigenvalue weighted by atomic mass is 32.2. The third-order valence-electron chi connectivity index (χ3n) is 2.37. The van der Waals surface area contributed by atoms with Gasteiger partial charge in [-0.05, 0) is 30.7 Å². The number of benzene rings is 1. The first-order valence-corrected chi connectivity index (χ1v) is 6.68. The van der Waals surface area contributed by atoms with Crippen molar-refractivity contribution in [3.05, 3.63) is 24.3 Å². The van der Waals surface area contributed by atoms with Crippen LogP contribution in [0.25, 0.3) is 0 Å². The Hall–Kier alpha value is -1.07. The number of hydrogen-bond donors (Lipinski definition) is 1. The third kappa shape index (κ3) is 2.96. The second-order valence-electron chi connectivity index (χ2n) is 3.67. The van der Waals surface area contributed by atoms with Crippen molar-refractivity contribution in [2.24, 2.45) is 0 Å². The number of nitrogens with zero attached hydrogens (tertiary/aromatic N) is 1. The van der Waals surface area contributed by atoms with E-state index in [1.807, 2.05) is 6.92 Å². The predicted octanol–water partition coefficient (Wildman–Crippen LogP) is 1.81. The van der Waals surface area contributed by atoms with Crippen LogP contribution in [0.2, 0.25) is 0 Å². The zero-order chi connectivity index (χ0) is 12.2. The lowest BCUT2D eigenvalue weighted by Gasteiger charge is -2.16. The fourth-order valence-electron chi connectivity index (χ4n) is 1.30. The molecular formula is C11H17NO3S. The first-order chi connectivity index (χ1) is 7.48. The van der Waals surface area contributed by atoms with Crippen LogP contribution in [0.4, 0.5) is 0 Å². The van der Waals surface area contributed by atoms with Crippen LogP contribution in [-0.2, 0) is 10.0 Å². The predicted molar refractivity (Wildman–Crippen MR) is 62.8 cm³/mol. The molecule has 0 spiro atoms. The van der Waals surface area contributed by atoms with Crippen molar-refractivity contribution in [2.75, 3.05) is 13.6 Å². The molecule has 5 heteroatoms. The summed E-state index contributed by atoms with van der Waals surface area (Å²) in [6, 6.07) is 5.57. The minimum Gasteiger partial charge on any atom is -0.508 e. The van der Waals surface area contributed by atoms with E-state index in [-0.39, 0.29) is 10.6 Å². The van der Waals surface area contributed by atoms with Gasteiger partial charge in [0.15, 0.2) is 0 Å². The van der Waals surface area contributed by atoms with Gasteiger partial charge in [-0.1, -0.05) is 13.3 Å². The fourth-order valence-corrected chi connectivity index (χ4v) is 2.51. The van der Waals surface area contributed by atoms with Crippen LogP contribution in [0, 0.1) is 0 Å². The molecule has 0 fully saturated rings. The van der Waals surface area contributed by atoms with E-state index in [1.165, 1.54) is 28.6 Å². The van der Waals surface area contributed by atoms with Crippen molar-refractivity contribution in [1.29, 1.82) is 0 Å². The lowest BCUT2D eigenvalue weighted by Crippen LogP contribution is -2.27. The lowest BCUT2D eigenvalue weighted by molar-refractivity contribution is 0.458. The monoisotopic (exact) mass is 243 g/mol. The first-order valence-electron chi connectivity index (χ1n) is 5.24. The smallest absolute Gasteiger partial charge is 0.242 e. The second-order valence-corrected chi connectivity index (χ2v) is 5.72. The van der Waals surface area contributed by atoms with Crippen LogP contribution in [0.5, 0.6) is 5.75 Å². The molecule has 0 saturated heterocycles. The maximum atomic E-state index is 12.0. The molecule has 1 aromatic rings.